The average molecular weight is 424 g/mol. The van der Waals surface area contributed by atoms with E-state index in [4.69, 9.17) is 13.0 Å². The predicted molar refractivity (Wildman–Crippen MR) is 118 cm³/mol. The maximum Gasteiger partial charge on any atom is 0.254 e. The lowest BCUT2D eigenvalue weighted by atomic mass is 10.2. The van der Waals surface area contributed by atoms with Crippen molar-refractivity contribution in [1.29, 1.82) is 0 Å². The molecule has 10 nitrogen and oxygen atoms in total. The first-order chi connectivity index (χ1) is 17.4. The van der Waals surface area contributed by atoms with E-state index in [0.29, 0.717) is 11.2 Å². The van der Waals surface area contributed by atoms with E-state index in [9.17, 15) is 4.79 Å². The Morgan fingerprint density at radius 2 is 1.97 bits per heavy atom. The Kier molecular flexibility index (Phi) is 3.71. The summed E-state index contributed by atoms with van der Waals surface area (Å²) >= 11 is 0. The average Bonchev–Trinajstić information content (AvgIpc) is 3.24. The molecule has 4 rings (SSSR count). The molecule has 0 fully saturated rings. The van der Waals surface area contributed by atoms with Gasteiger partial charge >= 0.3 is 0 Å². The van der Waals surface area contributed by atoms with Gasteiger partial charge in [-0.1, -0.05) is 6.07 Å². The Labute approximate surface area is 187 Å². The summed E-state index contributed by atoms with van der Waals surface area (Å²) in [7, 11) is 1.34. The van der Waals surface area contributed by atoms with Crippen molar-refractivity contribution in [3.05, 3.63) is 54.1 Å². The topological polar surface area (TPSA) is 119 Å². The quantitative estimate of drug-likeness (QED) is 0.432. The van der Waals surface area contributed by atoms with Crippen LogP contribution in [0.3, 0.4) is 0 Å². The molecule has 4 aromatic heterocycles. The number of nitrogens with one attached hydrogen (secondary N) is 3. The summed E-state index contributed by atoms with van der Waals surface area (Å²) in [5, 5.41) is 12.2. The number of hydrogen-bond acceptors (Lipinski definition) is 8. The Morgan fingerprint density at radius 3 is 2.71 bits per heavy atom. The lowest BCUT2D eigenvalue weighted by molar-refractivity contribution is 0.0963. The largest absolute Gasteiger partial charge is 0.491 e. The maximum absolute atomic E-state index is 12.8. The number of anilines is 4. The van der Waals surface area contributed by atoms with E-state index >= 15 is 0 Å². The van der Waals surface area contributed by atoms with Gasteiger partial charge in [0.25, 0.3) is 5.91 Å². The third-order valence-electron chi connectivity index (χ3n) is 4.45. The second-order valence-corrected chi connectivity index (χ2v) is 6.54. The molecular weight excluding hydrogens is 396 g/mol. The van der Waals surface area contributed by atoms with Crippen molar-refractivity contribution in [3.8, 4) is 5.75 Å². The monoisotopic (exact) mass is 424 g/mol. The van der Waals surface area contributed by atoms with Crippen molar-refractivity contribution < 1.29 is 17.8 Å². The summed E-state index contributed by atoms with van der Waals surface area (Å²) in [6.07, 6.45) is 5.60. The molecule has 1 amide bonds. The van der Waals surface area contributed by atoms with Gasteiger partial charge in [-0.15, -0.1) is 0 Å². The van der Waals surface area contributed by atoms with Crippen molar-refractivity contribution in [3.63, 3.8) is 0 Å². The summed E-state index contributed by atoms with van der Waals surface area (Å²) in [6, 6.07) is 5.06. The van der Waals surface area contributed by atoms with Gasteiger partial charge in [0.05, 0.1) is 24.6 Å². The fourth-order valence-corrected chi connectivity index (χ4v) is 2.95. The third-order valence-corrected chi connectivity index (χ3v) is 4.45. The lowest BCUT2D eigenvalue weighted by Crippen LogP contribution is -2.20. The van der Waals surface area contributed by atoms with Crippen molar-refractivity contribution in [2.24, 2.45) is 6.98 Å². The van der Waals surface area contributed by atoms with Gasteiger partial charge in [-0.2, -0.15) is 5.10 Å². The molecule has 0 bridgehead atoms. The molecule has 0 saturated heterocycles. The van der Waals surface area contributed by atoms with Gasteiger partial charge < -0.3 is 20.7 Å². The minimum Gasteiger partial charge on any atom is -0.491 e. The number of methoxy groups -OCH3 is 1. The van der Waals surface area contributed by atoms with Gasteiger partial charge in [0, 0.05) is 52.2 Å². The molecule has 158 valence electrons. The van der Waals surface area contributed by atoms with E-state index in [1.807, 2.05) is 18.3 Å². The molecule has 0 aliphatic rings. The molecule has 0 unspecified atom stereocenters. The SMILES string of the molecule is [2H]C([2H])([2H])NC(=O)c1cnc(Nc2ccc(C)cn2)cc1Nc1ncc2cnn(C([2H])([2H])[2H])c2c1OC. The van der Waals surface area contributed by atoms with Gasteiger partial charge in [-0.05, 0) is 18.6 Å². The maximum atomic E-state index is 12.8. The van der Waals surface area contributed by atoms with Crippen molar-refractivity contribution in [1.82, 2.24) is 30.0 Å². The van der Waals surface area contributed by atoms with Gasteiger partial charge in [-0.3, -0.25) is 9.48 Å². The van der Waals surface area contributed by atoms with E-state index in [0.717, 1.165) is 10.2 Å². The first-order valence-electron chi connectivity index (χ1n) is 12.1. The van der Waals surface area contributed by atoms with Crippen LogP contribution in [-0.4, -0.2) is 44.7 Å². The van der Waals surface area contributed by atoms with Crippen LogP contribution in [-0.2, 0) is 6.98 Å². The summed E-state index contributed by atoms with van der Waals surface area (Å²) in [5.74, 6) is -0.0173. The zero-order chi connectivity index (χ0) is 27.0. The van der Waals surface area contributed by atoms with E-state index in [2.05, 4.69) is 30.7 Å². The molecule has 0 aromatic carbocycles. The minimum absolute atomic E-state index is 0.0554. The van der Waals surface area contributed by atoms with E-state index in [1.54, 1.807) is 12.3 Å². The number of aryl methyl sites for hydroxylation is 2. The smallest absolute Gasteiger partial charge is 0.254 e. The number of aromatic nitrogens is 5. The molecule has 31 heavy (non-hydrogen) atoms. The molecule has 0 aliphatic carbocycles. The van der Waals surface area contributed by atoms with Gasteiger partial charge in [0.1, 0.15) is 17.2 Å². The van der Waals surface area contributed by atoms with Crippen molar-refractivity contribution >= 4 is 40.0 Å². The highest BCUT2D eigenvalue weighted by atomic mass is 16.5. The molecule has 0 radical (unpaired) electrons. The zero-order valence-corrected chi connectivity index (χ0v) is 16.6. The van der Waals surface area contributed by atoms with Crippen LogP contribution in [0, 0.1) is 6.92 Å². The van der Waals surface area contributed by atoms with E-state index < -0.39 is 19.9 Å². The number of hydrogen-bond donors (Lipinski definition) is 3. The number of carbonyl (C=O) groups excluding carboxylic acids is 1. The van der Waals surface area contributed by atoms with Crippen LogP contribution in [0.25, 0.3) is 10.9 Å². The first-order valence-corrected chi connectivity index (χ1v) is 9.06. The molecular formula is C21H22N8O2. The molecule has 0 atom stereocenters. The van der Waals surface area contributed by atoms with Crippen LogP contribution >= 0.6 is 0 Å². The fourth-order valence-electron chi connectivity index (χ4n) is 2.95. The number of nitrogens with zero attached hydrogens (tertiary/aromatic N) is 5. The number of fused-ring (bicyclic) bond motifs is 1. The second kappa shape index (κ2) is 8.27. The number of amides is 1. The summed E-state index contributed by atoms with van der Waals surface area (Å²) in [4.78, 5) is 25.5. The molecule has 10 heteroatoms. The van der Waals surface area contributed by atoms with Gasteiger partial charge in [0.15, 0.2) is 11.6 Å². The van der Waals surface area contributed by atoms with Gasteiger partial charge in [-0.25, -0.2) is 15.0 Å². The highest BCUT2D eigenvalue weighted by Crippen LogP contribution is 2.34. The van der Waals surface area contributed by atoms with Crippen LogP contribution in [0.15, 0.2) is 43.0 Å². The van der Waals surface area contributed by atoms with Crippen molar-refractivity contribution in [2.45, 2.75) is 6.92 Å². The molecule has 0 spiro atoms. The highest BCUT2D eigenvalue weighted by Gasteiger charge is 2.18. The van der Waals surface area contributed by atoms with E-state index in [1.165, 1.54) is 31.8 Å². The highest BCUT2D eigenvalue weighted by molar-refractivity contribution is 6.01. The number of carbonyl (C=O) groups is 1. The van der Waals surface area contributed by atoms with Crippen LogP contribution in [0.5, 0.6) is 5.75 Å². The molecule has 4 heterocycles. The fraction of sp³-hybridized carbons (Fsp3) is 0.190. The van der Waals surface area contributed by atoms with E-state index in [-0.39, 0.29) is 34.2 Å². The Hall–Kier alpha value is -4.21. The van der Waals surface area contributed by atoms with Crippen LogP contribution < -0.4 is 20.7 Å². The molecule has 4 aromatic rings. The second-order valence-electron chi connectivity index (χ2n) is 6.54. The molecule has 3 N–H and O–H groups in total. The minimum atomic E-state index is -2.74. The summed E-state index contributed by atoms with van der Waals surface area (Å²) in [6.45, 7) is -3.43. The van der Waals surface area contributed by atoms with Crippen molar-refractivity contribution in [2.75, 3.05) is 24.7 Å². The standard InChI is InChI=1S/C21H22N8O2/c1-12-5-6-16(23-8-12)28-17-7-15(14(11-24-17)21(30)22-2)27-20-19(31-4)18-13(9-25-20)10-26-29(18)3/h5-11H,1-4H3,(H,22,30)(H2,23,24,25,27,28)/i2D3,3D3. The Bertz CT molecular complexity index is 1450. The molecule has 0 aliphatic heterocycles. The predicted octanol–water partition coefficient (Wildman–Crippen LogP) is 2.92. The number of ether oxygens (including phenoxy) is 1. The van der Waals surface area contributed by atoms with Crippen LogP contribution in [0.2, 0.25) is 0 Å². The zero-order valence-electron chi connectivity index (χ0n) is 22.6. The summed E-state index contributed by atoms with van der Waals surface area (Å²) in [5.41, 5.74) is 1.13. The normalized spacial score (nSPS) is 14.4. The van der Waals surface area contributed by atoms with Gasteiger partial charge in [0.2, 0.25) is 0 Å². The third kappa shape index (κ3) is 3.95. The van der Waals surface area contributed by atoms with Crippen LogP contribution in [0.1, 0.15) is 24.1 Å². The Balaban J connectivity index is 1.80. The molecule has 0 saturated carbocycles. The lowest BCUT2D eigenvalue weighted by Gasteiger charge is -2.15. The number of rotatable bonds is 6. The summed E-state index contributed by atoms with van der Waals surface area (Å²) < 4.78 is 51.7. The first kappa shape index (κ1) is 13.9. The van der Waals surface area contributed by atoms with Crippen LogP contribution in [0.4, 0.5) is 23.1 Å². The Morgan fingerprint density at radius 1 is 1.10 bits per heavy atom. The number of pyridine rings is 3.